The second-order valence-electron chi connectivity index (χ2n) is 6.22. The third-order valence-electron chi connectivity index (χ3n) is 4.26. The van der Waals surface area contributed by atoms with Crippen molar-refractivity contribution < 1.29 is 23.9 Å². The van der Waals surface area contributed by atoms with E-state index < -0.39 is 12.1 Å². The van der Waals surface area contributed by atoms with E-state index in [9.17, 15) is 19.6 Å². The highest BCUT2D eigenvalue weighted by Crippen LogP contribution is 2.26. The van der Waals surface area contributed by atoms with Gasteiger partial charge in [-0.1, -0.05) is 17.9 Å². The average Bonchev–Trinajstić information content (AvgIpc) is 3.01. The topological polar surface area (TPSA) is 115 Å². The van der Waals surface area contributed by atoms with Crippen molar-refractivity contribution in [3.8, 4) is 17.6 Å². The number of pyridine rings is 1. The molecule has 1 aliphatic rings. The van der Waals surface area contributed by atoms with Gasteiger partial charge in [0, 0.05) is 18.2 Å². The first kappa shape index (κ1) is 19.7. The van der Waals surface area contributed by atoms with Gasteiger partial charge in [0.05, 0.1) is 19.2 Å². The van der Waals surface area contributed by atoms with Gasteiger partial charge in [0.2, 0.25) is 6.41 Å². The second-order valence-corrected chi connectivity index (χ2v) is 6.22. The normalized spacial score (nSPS) is 13.0. The summed E-state index contributed by atoms with van der Waals surface area (Å²) in [5.41, 5.74) is 1.82. The van der Waals surface area contributed by atoms with Gasteiger partial charge < -0.3 is 20.2 Å². The summed E-state index contributed by atoms with van der Waals surface area (Å²) in [5.74, 6) is 6.01. The fraction of sp³-hybridized carbons (Fsp3) is 0.200. The lowest BCUT2D eigenvalue weighted by atomic mass is 10.1. The standard InChI is InChI=1S/C20H18N4O5/c1-29-17-7-5-15-11-23(19(26)18(15)9-17)12-16(22-20(27)21-13-25)6-4-14-3-2-8-24(28)10-14/h2-3,5,7-10,13,16H,11-12H2,1H3,(H2,21,22,25,27)/t16-/m1/s1. The summed E-state index contributed by atoms with van der Waals surface area (Å²) in [6.45, 7) is 0.457. The molecule has 2 N–H and O–H groups in total. The minimum absolute atomic E-state index is 0.0965. The molecular formula is C20H18N4O5. The lowest BCUT2D eigenvalue weighted by Crippen LogP contribution is -2.46. The van der Waals surface area contributed by atoms with Crippen LogP contribution in [0.5, 0.6) is 5.75 Å². The van der Waals surface area contributed by atoms with Crippen molar-refractivity contribution in [3.63, 3.8) is 0 Å². The SMILES string of the molecule is COc1ccc2c(c1)C(=O)N(C[C@@H](C#Cc1ccc[n+]([O-])c1)NC(=O)NC=O)C2. The number of nitrogens with zero attached hydrogens (tertiary/aromatic N) is 2. The van der Waals surface area contributed by atoms with Crippen molar-refractivity contribution in [1.29, 1.82) is 0 Å². The molecule has 0 fully saturated rings. The number of urea groups is 1. The molecule has 1 aliphatic heterocycles. The molecule has 0 unspecified atom stereocenters. The molecule has 29 heavy (non-hydrogen) atoms. The van der Waals surface area contributed by atoms with Crippen molar-refractivity contribution in [2.45, 2.75) is 12.6 Å². The number of ether oxygens (including phenoxy) is 1. The van der Waals surface area contributed by atoms with Crippen LogP contribution >= 0.6 is 0 Å². The Bertz CT molecular complexity index is 1010. The molecule has 9 heteroatoms. The first-order chi connectivity index (χ1) is 14.0. The Morgan fingerprint density at radius 1 is 1.45 bits per heavy atom. The number of carbonyl (C=O) groups is 3. The Kier molecular flexibility index (Phi) is 5.94. The minimum atomic E-state index is -0.768. The van der Waals surface area contributed by atoms with Crippen LogP contribution in [0.1, 0.15) is 21.5 Å². The predicted molar refractivity (Wildman–Crippen MR) is 102 cm³/mol. The van der Waals surface area contributed by atoms with Crippen LogP contribution in [0.4, 0.5) is 4.79 Å². The summed E-state index contributed by atoms with van der Waals surface area (Å²) in [6, 6.07) is 6.95. The van der Waals surface area contributed by atoms with Gasteiger partial charge >= 0.3 is 6.03 Å². The van der Waals surface area contributed by atoms with E-state index in [-0.39, 0.29) is 18.9 Å². The Hall–Kier alpha value is -4.06. The maximum absolute atomic E-state index is 12.7. The second kappa shape index (κ2) is 8.75. The summed E-state index contributed by atoms with van der Waals surface area (Å²) in [5, 5.41) is 15.9. The van der Waals surface area contributed by atoms with Crippen molar-refractivity contribution in [2.24, 2.45) is 0 Å². The van der Waals surface area contributed by atoms with E-state index >= 15 is 0 Å². The van der Waals surface area contributed by atoms with Crippen molar-refractivity contribution >= 4 is 18.3 Å². The maximum Gasteiger partial charge on any atom is 0.322 e. The van der Waals surface area contributed by atoms with Crippen LogP contribution in [0.25, 0.3) is 0 Å². The number of aromatic nitrogens is 1. The maximum atomic E-state index is 12.7. The molecule has 0 spiro atoms. The van der Waals surface area contributed by atoms with Crippen LogP contribution in [0, 0.1) is 17.0 Å². The molecule has 0 bridgehead atoms. The molecule has 1 aromatic carbocycles. The number of fused-ring (bicyclic) bond motifs is 1. The van der Waals surface area contributed by atoms with E-state index in [2.05, 4.69) is 17.2 Å². The summed E-state index contributed by atoms with van der Waals surface area (Å²) in [6.07, 6.45) is 2.87. The molecule has 0 radical (unpaired) electrons. The third-order valence-corrected chi connectivity index (χ3v) is 4.26. The number of imide groups is 1. The van der Waals surface area contributed by atoms with Gasteiger partial charge in [0.15, 0.2) is 12.4 Å². The van der Waals surface area contributed by atoms with Gasteiger partial charge in [-0.2, -0.15) is 4.73 Å². The van der Waals surface area contributed by atoms with Gasteiger partial charge in [0.1, 0.15) is 11.8 Å². The molecule has 1 aromatic heterocycles. The molecule has 148 valence electrons. The van der Waals surface area contributed by atoms with E-state index in [1.165, 1.54) is 19.5 Å². The Morgan fingerprint density at radius 2 is 2.28 bits per heavy atom. The number of carbonyl (C=O) groups excluding carboxylic acids is 3. The summed E-state index contributed by atoms with van der Waals surface area (Å²) in [7, 11) is 1.52. The van der Waals surface area contributed by atoms with E-state index in [1.807, 2.05) is 11.4 Å². The number of amides is 4. The van der Waals surface area contributed by atoms with E-state index in [0.717, 1.165) is 5.56 Å². The molecule has 4 amide bonds. The monoisotopic (exact) mass is 394 g/mol. The van der Waals surface area contributed by atoms with E-state index in [1.54, 1.807) is 29.2 Å². The van der Waals surface area contributed by atoms with Gasteiger partial charge in [-0.05, 0) is 23.8 Å². The number of nitrogens with one attached hydrogen (secondary N) is 2. The van der Waals surface area contributed by atoms with Crippen molar-refractivity contribution in [1.82, 2.24) is 15.5 Å². The summed E-state index contributed by atoms with van der Waals surface area (Å²) >= 11 is 0. The van der Waals surface area contributed by atoms with Crippen molar-refractivity contribution in [3.05, 3.63) is 64.6 Å². The highest BCUT2D eigenvalue weighted by Gasteiger charge is 2.29. The number of benzene rings is 1. The molecule has 2 aromatic rings. The van der Waals surface area contributed by atoms with Crippen LogP contribution < -0.4 is 20.1 Å². The smallest absolute Gasteiger partial charge is 0.322 e. The molecule has 3 rings (SSSR count). The largest absolute Gasteiger partial charge is 0.619 e. The van der Waals surface area contributed by atoms with Gasteiger partial charge in [-0.3, -0.25) is 14.9 Å². The van der Waals surface area contributed by atoms with E-state index in [0.29, 0.717) is 28.2 Å². The van der Waals surface area contributed by atoms with Gasteiger partial charge in [0.25, 0.3) is 5.91 Å². The fourth-order valence-corrected chi connectivity index (χ4v) is 2.91. The first-order valence-electron chi connectivity index (χ1n) is 8.67. The van der Waals surface area contributed by atoms with Crippen LogP contribution in [0.15, 0.2) is 42.7 Å². The Balaban J connectivity index is 1.79. The molecule has 0 saturated carbocycles. The summed E-state index contributed by atoms with van der Waals surface area (Å²) < 4.78 is 5.77. The minimum Gasteiger partial charge on any atom is -0.619 e. The zero-order valence-corrected chi connectivity index (χ0v) is 15.5. The molecule has 0 aliphatic carbocycles. The first-order valence-corrected chi connectivity index (χ1v) is 8.67. The average molecular weight is 394 g/mol. The number of rotatable bonds is 5. The molecule has 2 heterocycles. The highest BCUT2D eigenvalue weighted by molar-refractivity contribution is 5.98. The fourth-order valence-electron chi connectivity index (χ4n) is 2.91. The van der Waals surface area contributed by atoms with Gasteiger partial charge in [-0.15, -0.1) is 0 Å². The Labute approximate surface area is 166 Å². The molecule has 0 saturated heterocycles. The van der Waals surface area contributed by atoms with Crippen LogP contribution in [0.3, 0.4) is 0 Å². The third kappa shape index (κ3) is 4.81. The number of hydrogen-bond acceptors (Lipinski definition) is 5. The predicted octanol–water partition coefficient (Wildman–Crippen LogP) is 0.160. The highest BCUT2D eigenvalue weighted by atomic mass is 16.5. The van der Waals surface area contributed by atoms with Crippen LogP contribution in [-0.2, 0) is 11.3 Å². The zero-order valence-electron chi connectivity index (χ0n) is 15.5. The molecular weight excluding hydrogens is 376 g/mol. The molecule has 1 atom stereocenters. The Morgan fingerprint density at radius 3 is 3.00 bits per heavy atom. The number of hydrogen-bond donors (Lipinski definition) is 2. The van der Waals surface area contributed by atoms with E-state index in [4.69, 9.17) is 4.74 Å². The lowest BCUT2D eigenvalue weighted by Gasteiger charge is -2.20. The van der Waals surface area contributed by atoms with Crippen LogP contribution in [0.2, 0.25) is 0 Å². The quantitative estimate of drug-likeness (QED) is 0.325. The lowest BCUT2D eigenvalue weighted by molar-refractivity contribution is -0.605. The number of methoxy groups -OCH3 is 1. The van der Waals surface area contributed by atoms with Crippen molar-refractivity contribution in [2.75, 3.05) is 13.7 Å². The van der Waals surface area contributed by atoms with Gasteiger partial charge in [-0.25, -0.2) is 4.79 Å². The van der Waals surface area contributed by atoms with Crippen LogP contribution in [-0.4, -0.2) is 42.9 Å². The zero-order chi connectivity index (χ0) is 20.8. The summed E-state index contributed by atoms with van der Waals surface area (Å²) in [4.78, 5) is 36.5. The molecule has 9 nitrogen and oxygen atoms in total.